The van der Waals surface area contributed by atoms with Crippen molar-refractivity contribution in [1.29, 1.82) is 0 Å². The monoisotopic (exact) mass is 363 g/mol. The van der Waals surface area contributed by atoms with Crippen LogP contribution in [0.15, 0.2) is 30.3 Å². The summed E-state index contributed by atoms with van der Waals surface area (Å²) in [5.41, 5.74) is 1.62. The van der Waals surface area contributed by atoms with E-state index in [2.05, 4.69) is 24.4 Å². The van der Waals surface area contributed by atoms with Crippen LogP contribution in [-0.2, 0) is 11.2 Å². The fraction of sp³-hybridized carbons (Fsp3) is 0.571. The molecule has 1 unspecified atom stereocenters. The van der Waals surface area contributed by atoms with Crippen LogP contribution in [0.25, 0.3) is 6.08 Å². The smallest absolute Gasteiger partial charge is 0.408 e. The van der Waals surface area contributed by atoms with Crippen LogP contribution in [0.3, 0.4) is 0 Å². The first-order valence-electron chi connectivity index (χ1n) is 9.30. The highest BCUT2D eigenvalue weighted by atomic mass is 16.6. The second-order valence-corrected chi connectivity index (χ2v) is 7.48. The topological polar surface area (TPSA) is 78.8 Å². The Morgan fingerprint density at radius 1 is 1.23 bits per heavy atom. The third-order valence-electron chi connectivity index (χ3n) is 3.85. The predicted octanol–water partition coefficient (Wildman–Crippen LogP) is 3.68. The van der Waals surface area contributed by atoms with Gasteiger partial charge in [-0.05, 0) is 44.7 Å². The summed E-state index contributed by atoms with van der Waals surface area (Å²) in [4.78, 5) is 11.8. The molecule has 146 valence electrons. The van der Waals surface area contributed by atoms with Gasteiger partial charge in [-0.15, -0.1) is 0 Å². The third-order valence-corrected chi connectivity index (χ3v) is 3.85. The number of rotatable bonds is 9. The molecule has 0 heterocycles. The lowest BCUT2D eigenvalue weighted by Crippen LogP contribution is -2.46. The van der Waals surface area contributed by atoms with E-state index in [1.54, 1.807) is 32.9 Å². The van der Waals surface area contributed by atoms with Crippen LogP contribution < -0.4 is 5.32 Å². The van der Waals surface area contributed by atoms with Crippen LogP contribution in [0.5, 0.6) is 0 Å². The molecule has 0 aliphatic heterocycles. The van der Waals surface area contributed by atoms with E-state index < -0.39 is 23.8 Å². The highest BCUT2D eigenvalue weighted by Crippen LogP contribution is 2.11. The number of ether oxygens (including phenoxy) is 1. The molecule has 2 atom stereocenters. The molecule has 0 fully saturated rings. The number of alkyl carbamates (subject to hydrolysis) is 1. The Bertz CT molecular complexity index is 560. The summed E-state index contributed by atoms with van der Waals surface area (Å²) in [5, 5.41) is 22.1. The van der Waals surface area contributed by atoms with Crippen molar-refractivity contribution in [2.45, 2.75) is 71.1 Å². The second-order valence-electron chi connectivity index (χ2n) is 7.48. The number of aliphatic hydroxyl groups excluding tert-OH is 2. The van der Waals surface area contributed by atoms with Gasteiger partial charge in [-0.25, -0.2) is 4.79 Å². The van der Waals surface area contributed by atoms with Crippen molar-refractivity contribution in [3.8, 4) is 0 Å². The summed E-state index contributed by atoms with van der Waals surface area (Å²) < 4.78 is 5.14. The zero-order valence-corrected chi connectivity index (χ0v) is 16.4. The van der Waals surface area contributed by atoms with Crippen LogP contribution >= 0.6 is 0 Å². The number of hydrogen-bond donors (Lipinski definition) is 3. The van der Waals surface area contributed by atoms with Gasteiger partial charge in [-0.3, -0.25) is 0 Å². The molecule has 1 amide bonds. The molecule has 1 rings (SSSR count). The minimum atomic E-state index is -1.02. The Labute approximate surface area is 157 Å². The molecule has 1 aromatic rings. The van der Waals surface area contributed by atoms with Crippen molar-refractivity contribution in [3.05, 3.63) is 41.5 Å². The molecule has 0 saturated carbocycles. The first-order valence-corrected chi connectivity index (χ1v) is 9.30. The highest BCUT2D eigenvalue weighted by Gasteiger charge is 2.22. The van der Waals surface area contributed by atoms with Gasteiger partial charge in [-0.1, -0.05) is 56.2 Å². The molecule has 0 aliphatic rings. The van der Waals surface area contributed by atoms with Gasteiger partial charge in [-0.2, -0.15) is 0 Å². The normalized spacial score (nSPS) is 14.2. The van der Waals surface area contributed by atoms with E-state index in [1.165, 1.54) is 24.8 Å². The lowest BCUT2D eigenvalue weighted by Gasteiger charge is -2.24. The van der Waals surface area contributed by atoms with Crippen molar-refractivity contribution < 1.29 is 19.7 Å². The van der Waals surface area contributed by atoms with E-state index >= 15 is 0 Å². The standard InChI is InChI=1S/C21H33NO4/c1-5-6-7-8-16-9-11-17(12-10-16)13-14-19(24)18(15-23)22-20(25)26-21(2,3)4/h9-14,18-19,23-24H,5-8,15H2,1-4H3,(H,22,25)/b14-13+/t18?,19-/m0/s1. The fourth-order valence-electron chi connectivity index (χ4n) is 2.42. The fourth-order valence-corrected chi connectivity index (χ4v) is 2.42. The lowest BCUT2D eigenvalue weighted by molar-refractivity contribution is 0.0406. The molecule has 0 radical (unpaired) electrons. The van der Waals surface area contributed by atoms with Crippen molar-refractivity contribution in [3.63, 3.8) is 0 Å². The van der Waals surface area contributed by atoms with Crippen LogP contribution in [0.2, 0.25) is 0 Å². The van der Waals surface area contributed by atoms with Gasteiger partial charge >= 0.3 is 6.09 Å². The number of amides is 1. The summed E-state index contributed by atoms with van der Waals surface area (Å²) in [6, 6.07) is 7.35. The number of nitrogens with one attached hydrogen (secondary N) is 1. The number of benzene rings is 1. The van der Waals surface area contributed by atoms with E-state index in [0.717, 1.165) is 12.0 Å². The average Bonchev–Trinajstić information content (AvgIpc) is 2.57. The van der Waals surface area contributed by atoms with Crippen molar-refractivity contribution in [2.75, 3.05) is 6.61 Å². The van der Waals surface area contributed by atoms with Gasteiger partial charge in [0.25, 0.3) is 0 Å². The number of unbranched alkanes of at least 4 members (excludes halogenated alkanes) is 2. The van der Waals surface area contributed by atoms with Crippen molar-refractivity contribution in [1.82, 2.24) is 5.32 Å². The van der Waals surface area contributed by atoms with Crippen molar-refractivity contribution >= 4 is 12.2 Å². The number of aliphatic hydroxyl groups is 2. The average molecular weight is 363 g/mol. The molecule has 26 heavy (non-hydrogen) atoms. The van der Waals surface area contributed by atoms with Crippen molar-refractivity contribution in [2.24, 2.45) is 0 Å². The summed E-state index contributed by atoms with van der Waals surface area (Å²) in [5.74, 6) is 0. The van der Waals surface area contributed by atoms with Gasteiger partial charge < -0.3 is 20.3 Å². The molecule has 1 aromatic carbocycles. The second kappa shape index (κ2) is 11.0. The number of aryl methyl sites for hydroxylation is 1. The third kappa shape index (κ3) is 9.02. The Morgan fingerprint density at radius 2 is 1.88 bits per heavy atom. The molecule has 0 spiro atoms. The maximum atomic E-state index is 11.8. The predicted molar refractivity (Wildman–Crippen MR) is 105 cm³/mol. The molecule has 0 bridgehead atoms. The summed E-state index contributed by atoms with van der Waals surface area (Å²) in [6.45, 7) is 7.06. The van der Waals surface area contributed by atoms with Gasteiger partial charge in [0.05, 0.1) is 18.8 Å². The van der Waals surface area contributed by atoms with Crippen LogP contribution in [-0.4, -0.2) is 40.7 Å². The Hall–Kier alpha value is -1.85. The zero-order valence-electron chi connectivity index (χ0n) is 16.4. The van der Waals surface area contributed by atoms with E-state index in [9.17, 15) is 15.0 Å². The molecule has 3 N–H and O–H groups in total. The Kier molecular flexibility index (Phi) is 9.38. The summed E-state index contributed by atoms with van der Waals surface area (Å²) in [7, 11) is 0. The zero-order chi connectivity index (χ0) is 19.6. The number of hydrogen-bond acceptors (Lipinski definition) is 4. The first-order chi connectivity index (χ1) is 12.2. The van der Waals surface area contributed by atoms with Crippen LogP contribution in [0, 0.1) is 0 Å². The SMILES string of the molecule is CCCCCc1ccc(/C=C/[C@H](O)C(CO)NC(=O)OC(C)(C)C)cc1. The van der Waals surface area contributed by atoms with Gasteiger partial charge in [0.1, 0.15) is 5.60 Å². The molecular weight excluding hydrogens is 330 g/mol. The van der Waals surface area contributed by atoms with E-state index in [4.69, 9.17) is 4.74 Å². The minimum Gasteiger partial charge on any atom is -0.444 e. The number of carbonyl (C=O) groups is 1. The molecular formula is C21H33NO4. The lowest BCUT2D eigenvalue weighted by atomic mass is 10.0. The van der Waals surface area contributed by atoms with E-state index in [0.29, 0.717) is 0 Å². The van der Waals surface area contributed by atoms with Crippen LogP contribution in [0.1, 0.15) is 58.1 Å². The molecule has 0 aliphatic carbocycles. The van der Waals surface area contributed by atoms with Gasteiger partial charge in [0.2, 0.25) is 0 Å². The van der Waals surface area contributed by atoms with E-state index in [1.807, 2.05) is 12.1 Å². The van der Waals surface area contributed by atoms with Crippen LogP contribution in [0.4, 0.5) is 4.79 Å². The highest BCUT2D eigenvalue weighted by molar-refractivity contribution is 5.68. The molecule has 0 aromatic heterocycles. The Balaban J connectivity index is 2.57. The summed E-state index contributed by atoms with van der Waals surface area (Å²) >= 11 is 0. The van der Waals surface area contributed by atoms with Gasteiger partial charge in [0, 0.05) is 0 Å². The largest absolute Gasteiger partial charge is 0.444 e. The molecule has 0 saturated heterocycles. The maximum absolute atomic E-state index is 11.8. The van der Waals surface area contributed by atoms with Gasteiger partial charge in [0.15, 0.2) is 0 Å². The Morgan fingerprint density at radius 3 is 2.42 bits per heavy atom. The minimum absolute atomic E-state index is 0.388. The quantitative estimate of drug-likeness (QED) is 0.585. The molecule has 5 heteroatoms. The van der Waals surface area contributed by atoms with E-state index in [-0.39, 0.29) is 6.61 Å². The molecule has 5 nitrogen and oxygen atoms in total. The summed E-state index contributed by atoms with van der Waals surface area (Å²) in [6.07, 6.45) is 6.37. The number of carbonyl (C=O) groups excluding carboxylic acids is 1. The maximum Gasteiger partial charge on any atom is 0.408 e. The first kappa shape index (κ1) is 22.2.